The maximum atomic E-state index is 13.4. The molecule has 1 N–H and O–H groups in total. The number of amides is 1. The van der Waals surface area contributed by atoms with Gasteiger partial charge in [-0.05, 0) is 69.6 Å². The van der Waals surface area contributed by atoms with E-state index in [-0.39, 0.29) is 11.8 Å². The fourth-order valence-corrected chi connectivity index (χ4v) is 6.08. The molecule has 2 unspecified atom stereocenters. The standard InChI is InChI=1S/C31H43NO4/c1-24-13-6-8-18-28(24)36-29-19-9-7-17-27(29)31(34,20-10-11-22-35-2)26-16-12-21-32(23-26)30(33)25-14-4-3-5-15-25/h6-9,13,17-19,25-26,34H,3-5,10-12,14-16,20-23H2,1-2H3. The number of rotatable bonds is 10. The molecule has 5 nitrogen and oxygen atoms in total. The summed E-state index contributed by atoms with van der Waals surface area (Å²) in [5.74, 6) is 1.90. The van der Waals surface area contributed by atoms with Gasteiger partial charge < -0.3 is 19.5 Å². The van der Waals surface area contributed by atoms with Crippen molar-refractivity contribution in [1.82, 2.24) is 4.90 Å². The summed E-state index contributed by atoms with van der Waals surface area (Å²) in [5, 5.41) is 12.5. The molecule has 196 valence electrons. The number of aliphatic hydroxyl groups is 1. The molecule has 2 aromatic rings. The van der Waals surface area contributed by atoms with Gasteiger partial charge in [-0.25, -0.2) is 0 Å². The molecule has 2 aromatic carbocycles. The Hall–Kier alpha value is -2.37. The molecule has 0 spiro atoms. The topological polar surface area (TPSA) is 59.0 Å². The Bertz CT molecular complexity index is 986. The normalized spacial score (nSPS) is 20.6. The summed E-state index contributed by atoms with van der Waals surface area (Å²) in [6.07, 6.45) is 9.72. The monoisotopic (exact) mass is 493 g/mol. The van der Waals surface area contributed by atoms with E-state index >= 15 is 0 Å². The zero-order valence-electron chi connectivity index (χ0n) is 22.1. The van der Waals surface area contributed by atoms with Gasteiger partial charge >= 0.3 is 0 Å². The number of aryl methyl sites for hydroxylation is 1. The smallest absolute Gasteiger partial charge is 0.225 e. The van der Waals surface area contributed by atoms with Gasteiger partial charge in [-0.15, -0.1) is 0 Å². The Morgan fingerprint density at radius 1 is 0.972 bits per heavy atom. The van der Waals surface area contributed by atoms with Gasteiger partial charge in [0.2, 0.25) is 5.91 Å². The SMILES string of the molecule is COCCCCC(O)(c1ccccc1Oc1ccccc1C)C1CCCN(C(=O)C2CCCCC2)C1. The van der Waals surface area contributed by atoms with Crippen LogP contribution in [0.3, 0.4) is 0 Å². The molecule has 5 heteroatoms. The van der Waals surface area contributed by atoms with Crippen LogP contribution in [-0.4, -0.2) is 42.7 Å². The van der Waals surface area contributed by atoms with E-state index < -0.39 is 5.60 Å². The van der Waals surface area contributed by atoms with Gasteiger partial charge in [0, 0.05) is 44.2 Å². The van der Waals surface area contributed by atoms with Crippen LogP contribution in [0.4, 0.5) is 0 Å². The van der Waals surface area contributed by atoms with Crippen LogP contribution in [0.1, 0.15) is 75.3 Å². The van der Waals surface area contributed by atoms with Gasteiger partial charge in [0.05, 0.1) is 5.60 Å². The van der Waals surface area contributed by atoms with Gasteiger partial charge in [-0.2, -0.15) is 0 Å². The third-order valence-electron chi connectivity index (χ3n) is 8.19. The van der Waals surface area contributed by atoms with E-state index in [9.17, 15) is 9.90 Å². The number of unbranched alkanes of at least 4 members (excludes halogenated alkanes) is 1. The van der Waals surface area contributed by atoms with E-state index in [4.69, 9.17) is 9.47 Å². The lowest BCUT2D eigenvalue weighted by atomic mass is 9.73. The lowest BCUT2D eigenvalue weighted by Gasteiger charge is -2.44. The number of hydrogen-bond acceptors (Lipinski definition) is 4. The van der Waals surface area contributed by atoms with Crippen molar-refractivity contribution in [3.63, 3.8) is 0 Å². The van der Waals surface area contributed by atoms with Crippen LogP contribution in [0.2, 0.25) is 0 Å². The molecule has 1 aliphatic carbocycles. The minimum atomic E-state index is -1.08. The molecule has 1 heterocycles. The second kappa shape index (κ2) is 12.7. The number of piperidine rings is 1. The van der Waals surface area contributed by atoms with Gasteiger partial charge in [-0.1, -0.05) is 55.7 Å². The van der Waals surface area contributed by atoms with Crippen molar-refractivity contribution in [1.29, 1.82) is 0 Å². The average molecular weight is 494 g/mol. The Morgan fingerprint density at radius 3 is 2.44 bits per heavy atom. The third-order valence-corrected chi connectivity index (χ3v) is 8.19. The fraction of sp³-hybridized carbons (Fsp3) is 0.581. The van der Waals surface area contributed by atoms with Crippen molar-refractivity contribution in [2.75, 3.05) is 26.8 Å². The number of methoxy groups -OCH3 is 1. The predicted octanol–water partition coefficient (Wildman–Crippen LogP) is 6.61. The summed E-state index contributed by atoms with van der Waals surface area (Å²) < 4.78 is 11.7. The number of benzene rings is 2. The van der Waals surface area contributed by atoms with Crippen LogP contribution in [-0.2, 0) is 15.1 Å². The summed E-state index contributed by atoms with van der Waals surface area (Å²) >= 11 is 0. The molecule has 0 aromatic heterocycles. The molecule has 2 atom stereocenters. The van der Waals surface area contributed by atoms with E-state index in [1.54, 1.807) is 7.11 Å². The van der Waals surface area contributed by atoms with Gasteiger partial charge in [0.15, 0.2) is 0 Å². The first-order chi connectivity index (χ1) is 17.5. The van der Waals surface area contributed by atoms with Crippen LogP contribution >= 0.6 is 0 Å². The summed E-state index contributed by atoms with van der Waals surface area (Å²) in [5.41, 5.74) is 0.791. The van der Waals surface area contributed by atoms with Crippen molar-refractivity contribution < 1.29 is 19.4 Å². The van der Waals surface area contributed by atoms with Crippen LogP contribution in [0.5, 0.6) is 11.5 Å². The van der Waals surface area contributed by atoms with Gasteiger partial charge in [0.1, 0.15) is 11.5 Å². The number of nitrogens with zero attached hydrogens (tertiary/aromatic N) is 1. The van der Waals surface area contributed by atoms with Crippen LogP contribution < -0.4 is 4.74 Å². The second-order valence-electron chi connectivity index (χ2n) is 10.7. The lowest BCUT2D eigenvalue weighted by molar-refractivity contribution is -0.142. The highest BCUT2D eigenvalue weighted by molar-refractivity contribution is 5.79. The maximum Gasteiger partial charge on any atom is 0.225 e. The van der Waals surface area contributed by atoms with Crippen molar-refractivity contribution in [2.45, 2.75) is 76.7 Å². The third kappa shape index (κ3) is 6.30. The number of likely N-dealkylation sites (tertiary alicyclic amines) is 1. The molecule has 0 bridgehead atoms. The van der Waals surface area contributed by atoms with E-state index in [2.05, 4.69) is 4.90 Å². The number of para-hydroxylation sites is 2. The van der Waals surface area contributed by atoms with Crippen LogP contribution in [0.25, 0.3) is 0 Å². The number of carbonyl (C=O) groups excluding carboxylic acids is 1. The summed E-state index contributed by atoms with van der Waals surface area (Å²) in [6.45, 7) is 4.11. The number of ether oxygens (including phenoxy) is 2. The largest absolute Gasteiger partial charge is 0.457 e. The van der Waals surface area contributed by atoms with Crippen molar-refractivity contribution >= 4 is 5.91 Å². The highest BCUT2D eigenvalue weighted by Crippen LogP contribution is 2.45. The molecule has 4 rings (SSSR count). The fourth-order valence-electron chi connectivity index (χ4n) is 6.08. The van der Waals surface area contributed by atoms with Gasteiger partial charge in [-0.3, -0.25) is 4.79 Å². The lowest BCUT2D eigenvalue weighted by Crippen LogP contribution is -2.49. The van der Waals surface area contributed by atoms with E-state index in [0.29, 0.717) is 31.2 Å². The first-order valence-electron chi connectivity index (χ1n) is 13.9. The predicted molar refractivity (Wildman–Crippen MR) is 143 cm³/mol. The minimum absolute atomic E-state index is 0.0389. The average Bonchev–Trinajstić information content (AvgIpc) is 2.93. The highest BCUT2D eigenvalue weighted by Gasteiger charge is 2.43. The van der Waals surface area contributed by atoms with Crippen LogP contribution in [0, 0.1) is 18.8 Å². The molecule has 0 radical (unpaired) electrons. The maximum absolute atomic E-state index is 13.4. The molecule has 36 heavy (non-hydrogen) atoms. The van der Waals surface area contributed by atoms with Crippen molar-refractivity contribution in [3.05, 3.63) is 59.7 Å². The molecule has 1 saturated carbocycles. The van der Waals surface area contributed by atoms with E-state index in [1.807, 2.05) is 55.5 Å². The number of hydrogen-bond donors (Lipinski definition) is 1. The van der Waals surface area contributed by atoms with Crippen molar-refractivity contribution in [2.24, 2.45) is 11.8 Å². The minimum Gasteiger partial charge on any atom is -0.457 e. The zero-order chi connectivity index (χ0) is 25.4. The summed E-state index contributed by atoms with van der Waals surface area (Å²) in [4.78, 5) is 15.5. The molecular weight excluding hydrogens is 450 g/mol. The number of carbonyl (C=O) groups is 1. The first-order valence-corrected chi connectivity index (χ1v) is 13.9. The Kier molecular flexibility index (Phi) is 9.44. The molecule has 1 amide bonds. The Balaban J connectivity index is 1.61. The Labute approximate surface area is 216 Å². The highest BCUT2D eigenvalue weighted by atomic mass is 16.5. The molecule has 1 saturated heterocycles. The second-order valence-corrected chi connectivity index (χ2v) is 10.7. The summed E-state index contributed by atoms with van der Waals surface area (Å²) in [7, 11) is 1.72. The van der Waals surface area contributed by atoms with E-state index in [0.717, 1.165) is 74.8 Å². The summed E-state index contributed by atoms with van der Waals surface area (Å²) in [6, 6.07) is 15.9. The van der Waals surface area contributed by atoms with Gasteiger partial charge in [0.25, 0.3) is 0 Å². The molecule has 2 fully saturated rings. The Morgan fingerprint density at radius 2 is 1.69 bits per heavy atom. The first kappa shape index (κ1) is 26.7. The quantitative estimate of drug-likeness (QED) is 0.378. The van der Waals surface area contributed by atoms with E-state index in [1.165, 1.54) is 6.42 Å². The molecule has 2 aliphatic rings. The van der Waals surface area contributed by atoms with Crippen LogP contribution in [0.15, 0.2) is 48.5 Å². The molecule has 1 aliphatic heterocycles. The molecular formula is C31H43NO4. The zero-order valence-corrected chi connectivity index (χ0v) is 22.1. The van der Waals surface area contributed by atoms with Crippen molar-refractivity contribution in [3.8, 4) is 11.5 Å².